The predicted molar refractivity (Wildman–Crippen MR) is 134 cm³/mol. The second kappa shape index (κ2) is 9.14. The van der Waals surface area contributed by atoms with Gasteiger partial charge in [0.25, 0.3) is 0 Å². The third kappa shape index (κ3) is 4.05. The number of hydrogen-bond donors (Lipinski definition) is 2. The number of para-hydroxylation sites is 2. The molecule has 2 atom stereocenters. The van der Waals surface area contributed by atoms with Crippen molar-refractivity contribution < 1.29 is 18.7 Å². The van der Waals surface area contributed by atoms with Gasteiger partial charge in [-0.2, -0.15) is 0 Å². The van der Waals surface area contributed by atoms with E-state index < -0.39 is 0 Å². The van der Waals surface area contributed by atoms with E-state index in [9.17, 15) is 9.18 Å². The van der Waals surface area contributed by atoms with Gasteiger partial charge >= 0.3 is 0 Å². The van der Waals surface area contributed by atoms with Gasteiger partial charge in [-0.3, -0.25) is 4.79 Å². The van der Waals surface area contributed by atoms with Gasteiger partial charge in [0.05, 0.1) is 36.1 Å². The first-order chi connectivity index (χ1) is 16.5. The van der Waals surface area contributed by atoms with Crippen LogP contribution in [-0.2, 0) is 4.79 Å². The number of nitrogens with one attached hydrogen (secondary N) is 2. The summed E-state index contributed by atoms with van der Waals surface area (Å²) >= 11 is 3.59. The lowest BCUT2D eigenvalue weighted by atomic mass is 9.78. The van der Waals surface area contributed by atoms with Crippen molar-refractivity contribution in [1.82, 2.24) is 0 Å². The molecule has 2 N–H and O–H groups in total. The molecule has 2 aliphatic rings. The summed E-state index contributed by atoms with van der Waals surface area (Å²) < 4.78 is 25.3. The van der Waals surface area contributed by atoms with Crippen LogP contribution in [0.2, 0.25) is 0 Å². The Bertz CT molecular complexity index is 1290. The third-order valence-corrected chi connectivity index (χ3v) is 7.03. The van der Waals surface area contributed by atoms with Crippen molar-refractivity contribution in [1.29, 1.82) is 0 Å². The molecule has 5 rings (SSSR count). The SMILES string of the molecule is COc1cc(C2Nc3ccccc3NC3=C2C(=O)CC(c2ccc(F)cc2)C3)cc(Br)c1OC. The molecule has 0 fully saturated rings. The summed E-state index contributed by atoms with van der Waals surface area (Å²) in [5.74, 6) is 0.921. The minimum atomic E-state index is -0.385. The van der Waals surface area contributed by atoms with E-state index in [-0.39, 0.29) is 23.6 Å². The molecule has 0 radical (unpaired) electrons. The highest BCUT2D eigenvalue weighted by Gasteiger charge is 2.36. The Balaban J connectivity index is 1.63. The Labute approximate surface area is 206 Å². The number of halogens is 2. The first-order valence-corrected chi connectivity index (χ1v) is 11.8. The summed E-state index contributed by atoms with van der Waals surface area (Å²) in [4.78, 5) is 13.6. The van der Waals surface area contributed by atoms with Gasteiger partial charge in [0, 0.05) is 17.7 Å². The molecule has 0 saturated carbocycles. The highest BCUT2D eigenvalue weighted by Crippen LogP contribution is 2.46. The zero-order valence-electron chi connectivity index (χ0n) is 18.8. The van der Waals surface area contributed by atoms with Crippen LogP contribution < -0.4 is 20.1 Å². The van der Waals surface area contributed by atoms with Crippen LogP contribution in [-0.4, -0.2) is 20.0 Å². The van der Waals surface area contributed by atoms with Crippen molar-refractivity contribution in [2.24, 2.45) is 0 Å². The molecule has 3 aromatic carbocycles. The number of carbonyl (C=O) groups excluding carboxylic acids is 1. The van der Waals surface area contributed by atoms with E-state index in [2.05, 4.69) is 26.6 Å². The maximum absolute atomic E-state index is 13.6. The maximum atomic E-state index is 13.6. The number of fused-ring (bicyclic) bond motifs is 1. The number of allylic oxidation sites excluding steroid dienone is 1. The molecule has 1 heterocycles. The van der Waals surface area contributed by atoms with Gasteiger partial charge in [-0.05, 0) is 75.8 Å². The molecule has 0 saturated heterocycles. The van der Waals surface area contributed by atoms with Gasteiger partial charge in [0.2, 0.25) is 0 Å². The second-order valence-corrected chi connectivity index (χ2v) is 9.31. The molecule has 174 valence electrons. The van der Waals surface area contributed by atoms with Crippen LogP contribution in [0.1, 0.15) is 35.9 Å². The number of rotatable bonds is 4. The third-order valence-electron chi connectivity index (χ3n) is 6.44. The lowest BCUT2D eigenvalue weighted by Crippen LogP contribution is -2.27. The lowest BCUT2D eigenvalue weighted by molar-refractivity contribution is -0.116. The van der Waals surface area contributed by atoms with Crippen molar-refractivity contribution in [3.8, 4) is 11.5 Å². The Morgan fingerprint density at radius 1 is 0.941 bits per heavy atom. The van der Waals surface area contributed by atoms with Crippen molar-refractivity contribution in [2.75, 3.05) is 24.9 Å². The van der Waals surface area contributed by atoms with E-state index in [1.54, 1.807) is 26.4 Å². The molecule has 2 unspecified atom stereocenters. The molecule has 5 nitrogen and oxygen atoms in total. The van der Waals surface area contributed by atoms with E-state index in [4.69, 9.17) is 9.47 Å². The average Bonchev–Trinajstić information content (AvgIpc) is 3.01. The number of benzene rings is 3. The Hall–Kier alpha value is -3.32. The summed E-state index contributed by atoms with van der Waals surface area (Å²) in [6.07, 6.45) is 1.00. The van der Waals surface area contributed by atoms with E-state index in [1.807, 2.05) is 36.4 Å². The summed E-state index contributed by atoms with van der Waals surface area (Å²) in [6, 6.07) is 17.8. The molecule has 0 amide bonds. The molecule has 7 heteroatoms. The van der Waals surface area contributed by atoms with E-state index >= 15 is 0 Å². The number of Topliss-reactive ketones (excluding diaryl/α,β-unsaturated/α-hetero) is 1. The van der Waals surface area contributed by atoms with Crippen LogP contribution in [0.4, 0.5) is 15.8 Å². The highest BCUT2D eigenvalue weighted by molar-refractivity contribution is 9.10. The minimum Gasteiger partial charge on any atom is -0.493 e. The fourth-order valence-corrected chi connectivity index (χ4v) is 5.44. The fraction of sp³-hybridized carbons (Fsp3) is 0.222. The van der Waals surface area contributed by atoms with E-state index in [0.29, 0.717) is 29.9 Å². The summed E-state index contributed by atoms with van der Waals surface area (Å²) in [6.45, 7) is 0. The van der Waals surface area contributed by atoms with Crippen molar-refractivity contribution in [3.63, 3.8) is 0 Å². The topological polar surface area (TPSA) is 59.6 Å². The van der Waals surface area contributed by atoms with Gasteiger partial charge < -0.3 is 20.1 Å². The number of methoxy groups -OCH3 is 2. The van der Waals surface area contributed by atoms with Gasteiger partial charge in [0.1, 0.15) is 5.82 Å². The fourth-order valence-electron chi connectivity index (χ4n) is 4.82. The van der Waals surface area contributed by atoms with Gasteiger partial charge in [0.15, 0.2) is 17.3 Å². The minimum absolute atomic E-state index is 0.0256. The Kier molecular flexibility index (Phi) is 6.04. The van der Waals surface area contributed by atoms with Crippen LogP contribution >= 0.6 is 15.9 Å². The zero-order valence-corrected chi connectivity index (χ0v) is 20.4. The average molecular weight is 523 g/mol. The number of ether oxygens (including phenoxy) is 2. The van der Waals surface area contributed by atoms with Crippen LogP contribution in [0, 0.1) is 5.82 Å². The largest absolute Gasteiger partial charge is 0.493 e. The molecule has 1 aliphatic heterocycles. The molecular weight excluding hydrogens is 499 g/mol. The van der Waals surface area contributed by atoms with Crippen molar-refractivity contribution in [2.45, 2.75) is 24.8 Å². The number of anilines is 2. The van der Waals surface area contributed by atoms with Crippen LogP contribution in [0.3, 0.4) is 0 Å². The smallest absolute Gasteiger partial charge is 0.174 e. The summed E-state index contributed by atoms with van der Waals surface area (Å²) in [5.41, 5.74) is 5.22. The normalized spacial score (nSPS) is 19.4. The van der Waals surface area contributed by atoms with Crippen LogP contribution in [0.25, 0.3) is 0 Å². The maximum Gasteiger partial charge on any atom is 0.174 e. The highest BCUT2D eigenvalue weighted by atomic mass is 79.9. The molecular formula is C27H24BrFN2O3. The van der Waals surface area contributed by atoms with Gasteiger partial charge in [-0.15, -0.1) is 0 Å². The first-order valence-electron chi connectivity index (χ1n) is 11.0. The summed E-state index contributed by atoms with van der Waals surface area (Å²) in [5, 5.41) is 7.10. The second-order valence-electron chi connectivity index (χ2n) is 8.46. The van der Waals surface area contributed by atoms with Crippen molar-refractivity contribution >= 4 is 33.1 Å². The van der Waals surface area contributed by atoms with Gasteiger partial charge in [-0.25, -0.2) is 4.39 Å². The monoisotopic (exact) mass is 522 g/mol. The Morgan fingerprint density at radius 3 is 2.38 bits per heavy atom. The summed E-state index contributed by atoms with van der Waals surface area (Å²) in [7, 11) is 3.18. The number of carbonyl (C=O) groups is 1. The zero-order chi connectivity index (χ0) is 23.8. The standard InChI is InChI=1S/C27H24BrFN2O3/c1-33-24-14-17(11-19(28)27(24)34-2)26-25-22(30-20-5-3-4-6-21(20)31-26)12-16(13-23(25)32)15-7-9-18(29)10-8-15/h3-11,14,16,26,30-31H,12-13H2,1-2H3. The first kappa shape index (κ1) is 22.5. The molecule has 1 aliphatic carbocycles. The lowest BCUT2D eigenvalue weighted by Gasteiger charge is -2.30. The van der Waals surface area contributed by atoms with E-state index in [1.165, 1.54) is 12.1 Å². The number of hydrogen-bond acceptors (Lipinski definition) is 5. The Morgan fingerprint density at radius 2 is 1.68 bits per heavy atom. The van der Waals surface area contributed by atoms with Crippen molar-refractivity contribution in [3.05, 3.63) is 93.4 Å². The molecule has 0 spiro atoms. The molecule has 0 bridgehead atoms. The predicted octanol–water partition coefficient (Wildman–Crippen LogP) is 6.58. The quantitative estimate of drug-likeness (QED) is 0.405. The number of ketones is 1. The van der Waals surface area contributed by atoms with Crippen LogP contribution in [0.5, 0.6) is 11.5 Å². The molecule has 0 aromatic heterocycles. The van der Waals surface area contributed by atoms with Crippen LogP contribution in [0.15, 0.2) is 76.4 Å². The van der Waals surface area contributed by atoms with Gasteiger partial charge in [-0.1, -0.05) is 24.3 Å². The molecule has 3 aromatic rings. The molecule has 34 heavy (non-hydrogen) atoms. The van der Waals surface area contributed by atoms with E-state index in [0.717, 1.165) is 32.7 Å².